The number of nitrogens with zero attached hydrogens (tertiary/aromatic N) is 2. The van der Waals surface area contributed by atoms with E-state index in [0.717, 1.165) is 12.8 Å². The fourth-order valence-electron chi connectivity index (χ4n) is 2.44. The zero-order valence-corrected chi connectivity index (χ0v) is 12.8. The minimum Gasteiger partial charge on any atom is -0.444 e. The highest BCUT2D eigenvalue weighted by Crippen LogP contribution is 2.23. The maximum absolute atomic E-state index is 12.6. The molecule has 0 bridgehead atoms. The van der Waals surface area contributed by atoms with Crippen molar-refractivity contribution in [1.29, 1.82) is 0 Å². The second-order valence-electron chi connectivity index (χ2n) is 6.29. The van der Waals surface area contributed by atoms with Crippen LogP contribution in [0.5, 0.6) is 0 Å². The normalized spacial score (nSPS) is 19.2. The Labute approximate surface area is 125 Å². The number of carbonyl (C=O) groups is 2. The lowest BCUT2D eigenvalue weighted by Crippen LogP contribution is -2.49. The molecule has 0 N–H and O–H groups in total. The van der Waals surface area contributed by atoms with Crippen LogP contribution in [-0.2, 0) is 4.74 Å². The molecule has 114 valence electrons. The van der Waals surface area contributed by atoms with Gasteiger partial charge in [-0.3, -0.25) is 14.7 Å². The summed E-state index contributed by atoms with van der Waals surface area (Å²) in [6.45, 7) is 6.04. The van der Waals surface area contributed by atoms with Crippen LogP contribution in [0.15, 0.2) is 24.5 Å². The number of piperidine rings is 1. The minimum atomic E-state index is -0.559. The molecular formula is C16H22N2O3. The summed E-state index contributed by atoms with van der Waals surface area (Å²) in [7, 11) is 0. The summed E-state index contributed by atoms with van der Waals surface area (Å²) >= 11 is 0. The van der Waals surface area contributed by atoms with Crippen LogP contribution in [0.4, 0.5) is 4.79 Å². The Hall–Kier alpha value is -1.91. The maximum atomic E-state index is 12.6. The van der Waals surface area contributed by atoms with Crippen LogP contribution in [0.2, 0.25) is 0 Å². The number of amides is 1. The highest BCUT2D eigenvalue weighted by Gasteiger charge is 2.35. The van der Waals surface area contributed by atoms with Gasteiger partial charge in [0, 0.05) is 24.5 Å². The van der Waals surface area contributed by atoms with E-state index in [1.807, 2.05) is 20.8 Å². The average molecular weight is 290 g/mol. The van der Waals surface area contributed by atoms with Gasteiger partial charge in [-0.2, -0.15) is 0 Å². The summed E-state index contributed by atoms with van der Waals surface area (Å²) in [4.78, 5) is 30.4. The number of aromatic nitrogens is 1. The number of likely N-dealkylation sites (tertiary alicyclic amines) is 1. The van der Waals surface area contributed by atoms with E-state index in [1.165, 1.54) is 0 Å². The molecule has 1 atom stereocenters. The lowest BCUT2D eigenvalue weighted by atomic mass is 9.95. The van der Waals surface area contributed by atoms with Gasteiger partial charge in [0.05, 0.1) is 6.04 Å². The number of hydrogen-bond acceptors (Lipinski definition) is 4. The van der Waals surface area contributed by atoms with Gasteiger partial charge in [-0.1, -0.05) is 0 Å². The third-order valence-electron chi connectivity index (χ3n) is 3.38. The van der Waals surface area contributed by atoms with Gasteiger partial charge >= 0.3 is 6.09 Å². The van der Waals surface area contributed by atoms with Gasteiger partial charge < -0.3 is 4.74 Å². The molecule has 0 spiro atoms. The summed E-state index contributed by atoms with van der Waals surface area (Å²) < 4.78 is 5.41. The van der Waals surface area contributed by atoms with E-state index < -0.39 is 17.7 Å². The molecule has 1 amide bonds. The molecular weight excluding hydrogens is 268 g/mol. The summed E-state index contributed by atoms with van der Waals surface area (Å²) in [5.74, 6) is -0.0614. The van der Waals surface area contributed by atoms with E-state index in [9.17, 15) is 9.59 Å². The fourth-order valence-corrected chi connectivity index (χ4v) is 2.44. The molecule has 1 aliphatic rings. The first kappa shape index (κ1) is 15.5. The second kappa shape index (κ2) is 6.24. The van der Waals surface area contributed by atoms with Crippen molar-refractivity contribution in [3.63, 3.8) is 0 Å². The van der Waals surface area contributed by atoms with Crippen molar-refractivity contribution >= 4 is 11.9 Å². The molecule has 5 nitrogen and oxygen atoms in total. The predicted molar refractivity (Wildman–Crippen MR) is 79.1 cm³/mol. The van der Waals surface area contributed by atoms with E-state index >= 15 is 0 Å². The monoisotopic (exact) mass is 290 g/mol. The lowest BCUT2D eigenvalue weighted by Gasteiger charge is -2.35. The first-order valence-corrected chi connectivity index (χ1v) is 7.32. The van der Waals surface area contributed by atoms with E-state index in [-0.39, 0.29) is 5.78 Å². The molecule has 0 radical (unpaired) electrons. The van der Waals surface area contributed by atoms with Gasteiger partial charge in [-0.25, -0.2) is 4.79 Å². The zero-order valence-electron chi connectivity index (χ0n) is 12.8. The van der Waals surface area contributed by atoms with Crippen LogP contribution in [0, 0.1) is 0 Å². The van der Waals surface area contributed by atoms with Gasteiger partial charge in [-0.05, 0) is 52.2 Å². The van der Waals surface area contributed by atoms with E-state index in [4.69, 9.17) is 4.74 Å². The van der Waals surface area contributed by atoms with Crippen LogP contribution in [-0.4, -0.2) is 39.9 Å². The molecule has 1 fully saturated rings. The number of ketones is 1. The van der Waals surface area contributed by atoms with Crippen molar-refractivity contribution in [1.82, 2.24) is 9.88 Å². The van der Waals surface area contributed by atoms with E-state index in [2.05, 4.69) is 4.98 Å². The number of ether oxygens (including phenoxy) is 1. The number of Topliss-reactive ketones (excluding diaryl/α,β-unsaturated/α-hetero) is 1. The SMILES string of the molecule is CC(C)(C)OC(=O)N1CCCCC1C(=O)c1cccnc1. The van der Waals surface area contributed by atoms with E-state index in [1.54, 1.807) is 29.4 Å². The van der Waals surface area contributed by atoms with Crippen LogP contribution >= 0.6 is 0 Å². The molecule has 2 heterocycles. The smallest absolute Gasteiger partial charge is 0.410 e. The molecule has 1 saturated heterocycles. The Balaban J connectivity index is 2.16. The first-order valence-electron chi connectivity index (χ1n) is 7.32. The Morgan fingerprint density at radius 3 is 2.71 bits per heavy atom. The molecule has 5 heteroatoms. The number of carbonyl (C=O) groups excluding carboxylic acids is 2. The highest BCUT2D eigenvalue weighted by atomic mass is 16.6. The summed E-state index contributed by atoms with van der Waals surface area (Å²) in [6.07, 6.45) is 5.27. The molecule has 1 aromatic rings. The van der Waals surface area contributed by atoms with E-state index in [0.29, 0.717) is 18.5 Å². The number of hydrogen-bond donors (Lipinski definition) is 0. The van der Waals surface area contributed by atoms with Crippen LogP contribution in [0.1, 0.15) is 50.4 Å². The molecule has 0 saturated carbocycles. The molecule has 1 unspecified atom stereocenters. The number of pyridine rings is 1. The first-order chi connectivity index (χ1) is 9.88. The molecule has 0 aromatic carbocycles. The molecule has 1 aromatic heterocycles. The van der Waals surface area contributed by atoms with Crippen molar-refractivity contribution in [2.24, 2.45) is 0 Å². The van der Waals surface area contributed by atoms with Gasteiger partial charge in [0.1, 0.15) is 5.60 Å². The van der Waals surface area contributed by atoms with Gasteiger partial charge in [-0.15, -0.1) is 0 Å². The summed E-state index contributed by atoms with van der Waals surface area (Å²) in [5.41, 5.74) is -0.0193. The predicted octanol–water partition coefficient (Wildman–Crippen LogP) is 3.05. The lowest BCUT2D eigenvalue weighted by molar-refractivity contribution is 0.0104. The second-order valence-corrected chi connectivity index (χ2v) is 6.29. The molecule has 0 aliphatic carbocycles. The van der Waals surface area contributed by atoms with Crippen molar-refractivity contribution in [3.8, 4) is 0 Å². The van der Waals surface area contributed by atoms with Crippen LogP contribution in [0.3, 0.4) is 0 Å². The molecule has 1 aliphatic heterocycles. The number of rotatable bonds is 2. The third-order valence-corrected chi connectivity index (χ3v) is 3.38. The molecule has 2 rings (SSSR count). The van der Waals surface area contributed by atoms with Crippen molar-refractivity contribution in [3.05, 3.63) is 30.1 Å². The largest absolute Gasteiger partial charge is 0.444 e. The highest BCUT2D eigenvalue weighted by molar-refractivity contribution is 6.01. The summed E-state index contributed by atoms with van der Waals surface area (Å²) in [6, 6.07) is 3.02. The van der Waals surface area contributed by atoms with Crippen molar-refractivity contribution in [2.45, 2.75) is 51.7 Å². The molecule has 21 heavy (non-hydrogen) atoms. The van der Waals surface area contributed by atoms with Crippen LogP contribution < -0.4 is 0 Å². The Bertz CT molecular complexity index is 508. The Morgan fingerprint density at radius 1 is 1.33 bits per heavy atom. The van der Waals surface area contributed by atoms with Crippen molar-refractivity contribution < 1.29 is 14.3 Å². The Morgan fingerprint density at radius 2 is 2.10 bits per heavy atom. The van der Waals surface area contributed by atoms with Gasteiger partial charge in [0.2, 0.25) is 0 Å². The zero-order chi connectivity index (χ0) is 15.5. The minimum absolute atomic E-state index is 0.0614. The maximum Gasteiger partial charge on any atom is 0.410 e. The third kappa shape index (κ3) is 4.03. The van der Waals surface area contributed by atoms with Crippen LogP contribution in [0.25, 0.3) is 0 Å². The summed E-state index contributed by atoms with van der Waals surface area (Å²) in [5, 5.41) is 0. The van der Waals surface area contributed by atoms with Gasteiger partial charge in [0.25, 0.3) is 0 Å². The Kier molecular flexibility index (Phi) is 4.60. The topological polar surface area (TPSA) is 59.5 Å². The van der Waals surface area contributed by atoms with Crippen molar-refractivity contribution in [2.75, 3.05) is 6.54 Å². The average Bonchev–Trinajstić information content (AvgIpc) is 2.45. The standard InChI is InChI=1S/C16H22N2O3/c1-16(2,3)21-15(20)18-10-5-4-8-13(18)14(19)12-7-6-9-17-11-12/h6-7,9,11,13H,4-5,8,10H2,1-3H3. The van der Waals surface area contributed by atoms with Gasteiger partial charge in [0.15, 0.2) is 5.78 Å². The quantitative estimate of drug-likeness (QED) is 0.785. The fraction of sp³-hybridized carbons (Fsp3) is 0.562.